The van der Waals surface area contributed by atoms with Gasteiger partial charge < -0.3 is 4.90 Å². The zero-order chi connectivity index (χ0) is 17.8. The van der Waals surface area contributed by atoms with Crippen LogP contribution in [0.1, 0.15) is 34.0 Å². The first-order valence-corrected chi connectivity index (χ1v) is 8.27. The summed E-state index contributed by atoms with van der Waals surface area (Å²) in [5, 5.41) is 14.2. The quantitative estimate of drug-likeness (QED) is 0.778. The minimum Gasteiger partial charge on any atom is -0.337 e. The van der Waals surface area contributed by atoms with E-state index in [0.717, 1.165) is 23.1 Å². The number of nitrogens with one attached hydrogen (secondary N) is 1. The van der Waals surface area contributed by atoms with E-state index in [1.807, 2.05) is 43.4 Å². The molecule has 128 valence electrons. The smallest absolute Gasteiger partial charge is 0.253 e. The maximum atomic E-state index is 12.8. The molecule has 0 aliphatic heterocycles. The minimum atomic E-state index is -0.0318. The largest absolute Gasteiger partial charge is 0.337 e. The molecular formula is C19H21N5O. The van der Waals surface area contributed by atoms with E-state index in [2.05, 4.69) is 40.5 Å². The first-order chi connectivity index (χ1) is 12.1. The first-order valence-electron chi connectivity index (χ1n) is 8.27. The number of benzene rings is 2. The number of hydrogen-bond acceptors (Lipinski definition) is 4. The molecule has 1 heterocycles. The van der Waals surface area contributed by atoms with Gasteiger partial charge in [0, 0.05) is 24.7 Å². The lowest BCUT2D eigenvalue weighted by atomic mass is 10.0. The monoisotopic (exact) mass is 335 g/mol. The van der Waals surface area contributed by atoms with Crippen molar-refractivity contribution >= 4 is 5.91 Å². The summed E-state index contributed by atoms with van der Waals surface area (Å²) in [5.41, 5.74) is 4.86. The Balaban J connectivity index is 1.87. The van der Waals surface area contributed by atoms with Crippen molar-refractivity contribution in [1.82, 2.24) is 25.5 Å². The highest BCUT2D eigenvalue weighted by molar-refractivity contribution is 5.95. The molecule has 0 saturated heterocycles. The van der Waals surface area contributed by atoms with E-state index in [4.69, 9.17) is 0 Å². The number of amides is 1. The molecule has 1 N–H and O–H groups in total. The molecule has 2 aromatic carbocycles. The number of rotatable bonds is 5. The van der Waals surface area contributed by atoms with Crippen LogP contribution in [-0.4, -0.2) is 38.5 Å². The standard InChI is InChI=1S/C19H21N5O/c1-4-14-9-10-15(11-17(14)18-20-22-23-21-18)19(25)24(3)12-16-8-6-5-7-13(16)2/h5-11H,4,12H2,1-3H3,(H,20,21,22,23). The van der Waals surface area contributed by atoms with Gasteiger partial charge in [-0.2, -0.15) is 5.21 Å². The van der Waals surface area contributed by atoms with E-state index in [1.54, 1.807) is 4.90 Å². The Labute approximate surface area is 146 Å². The van der Waals surface area contributed by atoms with E-state index < -0.39 is 0 Å². The molecule has 0 atom stereocenters. The van der Waals surface area contributed by atoms with Gasteiger partial charge in [0.05, 0.1) is 0 Å². The van der Waals surface area contributed by atoms with Crippen molar-refractivity contribution in [2.75, 3.05) is 7.05 Å². The van der Waals surface area contributed by atoms with Crippen LogP contribution in [-0.2, 0) is 13.0 Å². The molecule has 0 spiro atoms. The Morgan fingerprint density at radius 3 is 2.64 bits per heavy atom. The van der Waals surface area contributed by atoms with E-state index in [-0.39, 0.29) is 5.91 Å². The summed E-state index contributed by atoms with van der Waals surface area (Å²) in [4.78, 5) is 14.6. The van der Waals surface area contributed by atoms with Crippen LogP contribution in [0.3, 0.4) is 0 Å². The third-order valence-electron chi connectivity index (χ3n) is 4.34. The highest BCUT2D eigenvalue weighted by Crippen LogP contribution is 2.23. The second-order valence-electron chi connectivity index (χ2n) is 6.05. The lowest BCUT2D eigenvalue weighted by Gasteiger charge is -2.19. The van der Waals surface area contributed by atoms with E-state index in [1.165, 1.54) is 5.56 Å². The number of H-pyrrole nitrogens is 1. The van der Waals surface area contributed by atoms with Gasteiger partial charge in [-0.15, -0.1) is 10.2 Å². The molecule has 6 heteroatoms. The van der Waals surface area contributed by atoms with Gasteiger partial charge in [0.15, 0.2) is 0 Å². The lowest BCUT2D eigenvalue weighted by Crippen LogP contribution is -2.26. The summed E-state index contributed by atoms with van der Waals surface area (Å²) in [6.45, 7) is 4.68. The molecule has 25 heavy (non-hydrogen) atoms. The van der Waals surface area contributed by atoms with Crippen LogP contribution >= 0.6 is 0 Å². The van der Waals surface area contributed by atoms with Crippen LogP contribution in [0.15, 0.2) is 42.5 Å². The maximum absolute atomic E-state index is 12.8. The summed E-state index contributed by atoms with van der Waals surface area (Å²) < 4.78 is 0. The zero-order valence-corrected chi connectivity index (χ0v) is 14.7. The Hall–Kier alpha value is -3.02. The molecule has 0 unspecified atom stereocenters. The average Bonchev–Trinajstić information content (AvgIpc) is 3.17. The minimum absolute atomic E-state index is 0.0318. The average molecular weight is 335 g/mol. The van der Waals surface area contributed by atoms with E-state index >= 15 is 0 Å². The first kappa shape index (κ1) is 16.8. The molecule has 0 saturated carbocycles. The molecule has 1 aromatic heterocycles. The number of hydrogen-bond donors (Lipinski definition) is 1. The molecule has 0 fully saturated rings. The number of aryl methyl sites for hydroxylation is 2. The van der Waals surface area contributed by atoms with E-state index in [9.17, 15) is 4.79 Å². The fourth-order valence-corrected chi connectivity index (χ4v) is 2.84. The highest BCUT2D eigenvalue weighted by Gasteiger charge is 2.16. The number of carbonyl (C=O) groups is 1. The number of tetrazole rings is 1. The van der Waals surface area contributed by atoms with Crippen molar-refractivity contribution in [3.05, 3.63) is 64.7 Å². The molecule has 6 nitrogen and oxygen atoms in total. The summed E-state index contributed by atoms with van der Waals surface area (Å²) >= 11 is 0. The van der Waals surface area contributed by atoms with Crippen molar-refractivity contribution < 1.29 is 4.79 Å². The van der Waals surface area contributed by atoms with Crippen LogP contribution in [0.25, 0.3) is 11.4 Å². The Morgan fingerprint density at radius 2 is 1.96 bits per heavy atom. The molecule has 0 aliphatic rings. The van der Waals surface area contributed by atoms with Crippen molar-refractivity contribution in [2.45, 2.75) is 26.8 Å². The van der Waals surface area contributed by atoms with E-state index in [0.29, 0.717) is 17.9 Å². The van der Waals surface area contributed by atoms with Crippen LogP contribution in [0.4, 0.5) is 0 Å². The van der Waals surface area contributed by atoms with Gasteiger partial charge in [-0.25, -0.2) is 0 Å². The van der Waals surface area contributed by atoms with Gasteiger partial charge in [0.2, 0.25) is 5.82 Å². The predicted octanol–water partition coefficient (Wildman–Crippen LogP) is 3.01. The molecule has 3 rings (SSSR count). The Morgan fingerprint density at radius 1 is 1.16 bits per heavy atom. The van der Waals surface area contributed by atoms with Gasteiger partial charge in [-0.05, 0) is 47.4 Å². The van der Waals surface area contributed by atoms with Gasteiger partial charge in [-0.1, -0.05) is 37.3 Å². The lowest BCUT2D eigenvalue weighted by molar-refractivity contribution is 0.0785. The number of aromatic nitrogens is 4. The SMILES string of the molecule is CCc1ccc(C(=O)N(C)Cc2ccccc2C)cc1-c1nn[nH]n1. The number of nitrogens with zero attached hydrogens (tertiary/aromatic N) is 4. The van der Waals surface area contributed by atoms with Crippen LogP contribution in [0.5, 0.6) is 0 Å². The number of aromatic amines is 1. The fraction of sp³-hybridized carbons (Fsp3) is 0.263. The van der Waals surface area contributed by atoms with Crippen molar-refractivity contribution in [2.24, 2.45) is 0 Å². The molecule has 0 aliphatic carbocycles. The van der Waals surface area contributed by atoms with Crippen molar-refractivity contribution in [3.63, 3.8) is 0 Å². The van der Waals surface area contributed by atoms with Crippen LogP contribution < -0.4 is 0 Å². The third kappa shape index (κ3) is 3.57. The second-order valence-corrected chi connectivity index (χ2v) is 6.05. The summed E-state index contributed by atoms with van der Waals surface area (Å²) in [6.07, 6.45) is 0.831. The molecule has 0 radical (unpaired) electrons. The number of carbonyl (C=O) groups excluding carboxylic acids is 1. The van der Waals surface area contributed by atoms with Gasteiger partial charge in [0.1, 0.15) is 0 Å². The zero-order valence-electron chi connectivity index (χ0n) is 14.7. The topological polar surface area (TPSA) is 74.8 Å². The molecule has 1 amide bonds. The summed E-state index contributed by atoms with van der Waals surface area (Å²) in [7, 11) is 1.82. The Kier molecular flexibility index (Phi) is 4.88. The second kappa shape index (κ2) is 7.25. The summed E-state index contributed by atoms with van der Waals surface area (Å²) in [5.74, 6) is 0.476. The third-order valence-corrected chi connectivity index (χ3v) is 4.34. The van der Waals surface area contributed by atoms with Crippen molar-refractivity contribution in [1.29, 1.82) is 0 Å². The molecule has 3 aromatic rings. The van der Waals surface area contributed by atoms with Crippen molar-refractivity contribution in [3.8, 4) is 11.4 Å². The fourth-order valence-electron chi connectivity index (χ4n) is 2.84. The van der Waals surface area contributed by atoms with Crippen LogP contribution in [0, 0.1) is 6.92 Å². The van der Waals surface area contributed by atoms with Gasteiger partial charge in [-0.3, -0.25) is 4.79 Å². The Bertz CT molecular complexity index is 873. The predicted molar refractivity (Wildman–Crippen MR) is 96.0 cm³/mol. The van der Waals surface area contributed by atoms with Crippen LogP contribution in [0.2, 0.25) is 0 Å². The molecular weight excluding hydrogens is 314 g/mol. The highest BCUT2D eigenvalue weighted by atomic mass is 16.2. The van der Waals surface area contributed by atoms with Gasteiger partial charge >= 0.3 is 0 Å². The van der Waals surface area contributed by atoms with Gasteiger partial charge in [0.25, 0.3) is 5.91 Å². The normalized spacial score (nSPS) is 10.7. The maximum Gasteiger partial charge on any atom is 0.253 e. The molecule has 0 bridgehead atoms. The summed E-state index contributed by atoms with van der Waals surface area (Å²) in [6, 6.07) is 13.8.